The molecule has 7 nitrogen and oxygen atoms in total. The topological polar surface area (TPSA) is 115 Å². The van der Waals surface area contributed by atoms with Gasteiger partial charge in [0.15, 0.2) is 0 Å². The number of aryl methyl sites for hydroxylation is 1. The molecule has 7 heteroatoms. The molecular formula is C25H28N2O5. The Bertz CT molecular complexity index is 1100. The van der Waals surface area contributed by atoms with Crippen LogP contribution in [-0.4, -0.2) is 32.8 Å². The Kier molecular flexibility index (Phi) is 7.68. The number of nitrogens with two attached hydrogens (primary N) is 1. The van der Waals surface area contributed by atoms with Crippen molar-refractivity contribution in [1.29, 1.82) is 0 Å². The Morgan fingerprint density at radius 1 is 1.12 bits per heavy atom. The summed E-state index contributed by atoms with van der Waals surface area (Å²) in [5, 5.41) is 16.9. The van der Waals surface area contributed by atoms with Gasteiger partial charge in [0.1, 0.15) is 12.4 Å². The lowest BCUT2D eigenvalue weighted by molar-refractivity contribution is -0.134. The van der Waals surface area contributed by atoms with E-state index < -0.39 is 11.9 Å². The number of aliphatic carboxylic acids is 2. The molecule has 4 N–H and O–H groups in total. The number of nitrogens with zero attached hydrogens (tertiary/aromatic N) is 1. The zero-order valence-electron chi connectivity index (χ0n) is 18.0. The molecule has 4 rings (SSSR count). The molecule has 0 saturated heterocycles. The Hall–Kier alpha value is -3.58. The van der Waals surface area contributed by atoms with Crippen LogP contribution in [0.1, 0.15) is 30.2 Å². The lowest BCUT2D eigenvalue weighted by atomic mass is 10.0. The predicted octanol–water partition coefficient (Wildman–Crippen LogP) is 3.77. The second-order valence-electron chi connectivity index (χ2n) is 7.82. The Labute approximate surface area is 186 Å². The van der Waals surface area contributed by atoms with E-state index in [4.69, 9.17) is 20.7 Å². The van der Waals surface area contributed by atoms with Gasteiger partial charge < -0.3 is 25.3 Å². The van der Waals surface area contributed by atoms with Crippen molar-refractivity contribution in [2.24, 2.45) is 5.73 Å². The summed E-state index contributed by atoms with van der Waals surface area (Å²) >= 11 is 0. The summed E-state index contributed by atoms with van der Waals surface area (Å²) in [4.78, 5) is 19.1. The quantitative estimate of drug-likeness (QED) is 0.486. The van der Waals surface area contributed by atoms with Crippen LogP contribution in [0.5, 0.6) is 5.75 Å². The molecule has 0 aliphatic carbocycles. The maximum atomic E-state index is 9.55. The third-order valence-corrected chi connectivity index (χ3v) is 5.20. The fourth-order valence-corrected chi connectivity index (χ4v) is 3.92. The molecule has 2 aromatic carbocycles. The van der Waals surface area contributed by atoms with Crippen LogP contribution in [0, 0.1) is 0 Å². The van der Waals surface area contributed by atoms with Crippen molar-refractivity contribution in [3.8, 4) is 5.75 Å². The molecule has 0 radical (unpaired) electrons. The minimum Gasteiger partial charge on any atom is -0.489 e. The van der Waals surface area contributed by atoms with Crippen molar-refractivity contribution >= 4 is 22.8 Å². The highest BCUT2D eigenvalue weighted by atomic mass is 16.5. The van der Waals surface area contributed by atoms with E-state index in [1.807, 2.05) is 18.2 Å². The molecule has 1 aromatic heterocycles. The third kappa shape index (κ3) is 5.98. The van der Waals surface area contributed by atoms with Gasteiger partial charge >= 0.3 is 11.9 Å². The van der Waals surface area contributed by atoms with Crippen molar-refractivity contribution in [2.75, 3.05) is 0 Å². The van der Waals surface area contributed by atoms with Crippen molar-refractivity contribution in [3.63, 3.8) is 0 Å². The number of rotatable bonds is 7. The largest absolute Gasteiger partial charge is 0.489 e. The molecule has 0 bridgehead atoms. The maximum Gasteiger partial charge on any atom is 0.328 e. The van der Waals surface area contributed by atoms with Crippen LogP contribution in [0.4, 0.5) is 0 Å². The number of carbonyl (C=O) groups is 2. The van der Waals surface area contributed by atoms with E-state index in [0.717, 1.165) is 25.1 Å². The van der Waals surface area contributed by atoms with Gasteiger partial charge in [-0.05, 0) is 55.5 Å². The van der Waals surface area contributed by atoms with Gasteiger partial charge in [-0.25, -0.2) is 9.59 Å². The number of carboxylic acids is 2. The normalized spacial score (nSPS) is 13.4. The summed E-state index contributed by atoms with van der Waals surface area (Å²) in [5.41, 5.74) is 11.5. The second kappa shape index (κ2) is 10.6. The van der Waals surface area contributed by atoms with Crippen molar-refractivity contribution < 1.29 is 24.5 Å². The predicted molar refractivity (Wildman–Crippen MR) is 123 cm³/mol. The molecule has 0 spiro atoms. The monoisotopic (exact) mass is 436 g/mol. The summed E-state index contributed by atoms with van der Waals surface area (Å²) in [6.45, 7) is 3.80. The van der Waals surface area contributed by atoms with Gasteiger partial charge in [0.25, 0.3) is 0 Å². The number of fused-ring (bicyclic) bond motifs is 3. The average molecular weight is 437 g/mol. The van der Waals surface area contributed by atoms with E-state index in [1.54, 1.807) is 0 Å². The maximum absolute atomic E-state index is 9.55. The number of benzene rings is 2. The van der Waals surface area contributed by atoms with E-state index in [2.05, 4.69) is 41.8 Å². The zero-order chi connectivity index (χ0) is 23.1. The van der Waals surface area contributed by atoms with Crippen molar-refractivity contribution in [2.45, 2.75) is 45.4 Å². The lowest BCUT2D eigenvalue weighted by Gasteiger charge is -2.09. The molecule has 2 heterocycles. The fraction of sp³-hybridized carbons (Fsp3) is 0.280. The zero-order valence-corrected chi connectivity index (χ0v) is 18.0. The molecule has 168 valence electrons. The van der Waals surface area contributed by atoms with E-state index >= 15 is 0 Å². The van der Waals surface area contributed by atoms with E-state index in [-0.39, 0.29) is 6.04 Å². The molecule has 0 saturated carbocycles. The smallest absolute Gasteiger partial charge is 0.328 e. The van der Waals surface area contributed by atoms with Crippen LogP contribution in [0.15, 0.2) is 60.7 Å². The first-order valence-electron chi connectivity index (χ1n) is 10.6. The van der Waals surface area contributed by atoms with Gasteiger partial charge in [-0.1, -0.05) is 30.3 Å². The Balaban J connectivity index is 0.000000312. The lowest BCUT2D eigenvalue weighted by Crippen LogP contribution is -2.18. The molecule has 32 heavy (non-hydrogen) atoms. The Morgan fingerprint density at radius 2 is 1.81 bits per heavy atom. The van der Waals surface area contributed by atoms with Gasteiger partial charge in [0.2, 0.25) is 0 Å². The van der Waals surface area contributed by atoms with Crippen molar-refractivity contribution in [3.05, 3.63) is 77.5 Å². The molecule has 3 aromatic rings. The van der Waals surface area contributed by atoms with Gasteiger partial charge in [-0.2, -0.15) is 0 Å². The number of hydrogen-bond acceptors (Lipinski definition) is 4. The molecule has 1 aliphatic rings. The van der Waals surface area contributed by atoms with E-state index in [0.29, 0.717) is 18.8 Å². The highest BCUT2D eigenvalue weighted by molar-refractivity contribution is 5.89. The summed E-state index contributed by atoms with van der Waals surface area (Å²) in [6, 6.07) is 17.0. The second-order valence-corrected chi connectivity index (χ2v) is 7.82. The molecule has 0 fully saturated rings. The Morgan fingerprint density at radius 3 is 2.44 bits per heavy atom. The first kappa shape index (κ1) is 23.1. The van der Waals surface area contributed by atoms with Crippen LogP contribution in [-0.2, 0) is 35.6 Å². The number of hydrogen-bond donors (Lipinski definition) is 3. The summed E-state index contributed by atoms with van der Waals surface area (Å²) in [7, 11) is 0. The van der Waals surface area contributed by atoms with E-state index in [1.165, 1.54) is 34.1 Å². The standard InChI is InChI=1S/C21H24N2O.C4H4O4/c1-15(22)12-18-19-13-17(24-14-16-6-3-2-4-7-16)9-10-21(19)23-11-5-8-20(18)23;5-3(6)1-2-4(7)8/h2-4,6-7,9-10,13,15H,5,8,11-12,14,22H2,1H3;1-2H,(H,5,6)(H,7,8)/b;2-1+. The average Bonchev–Trinajstić information content (AvgIpc) is 3.34. The van der Waals surface area contributed by atoms with Crippen molar-refractivity contribution in [1.82, 2.24) is 4.57 Å². The number of carboxylic acid groups (broad SMARTS) is 2. The minimum atomic E-state index is -1.26. The molecule has 1 unspecified atom stereocenters. The SMILES string of the molecule is CC(N)Cc1c2n(c3ccc(OCc4ccccc4)cc13)CCC2.O=C(O)/C=C/C(=O)O. The van der Waals surface area contributed by atoms with E-state index in [9.17, 15) is 9.59 Å². The van der Waals surface area contributed by atoms with Crippen LogP contribution in [0.3, 0.4) is 0 Å². The molecule has 1 atom stereocenters. The first-order chi connectivity index (χ1) is 15.3. The molecular weight excluding hydrogens is 408 g/mol. The summed E-state index contributed by atoms with van der Waals surface area (Å²) in [5.74, 6) is -1.58. The van der Waals surface area contributed by atoms with Gasteiger partial charge in [0, 0.05) is 41.3 Å². The minimum absolute atomic E-state index is 0.176. The first-order valence-corrected chi connectivity index (χ1v) is 10.6. The van der Waals surface area contributed by atoms with Crippen LogP contribution in [0.25, 0.3) is 10.9 Å². The van der Waals surface area contributed by atoms with Gasteiger partial charge in [-0.3, -0.25) is 0 Å². The highest BCUT2D eigenvalue weighted by Gasteiger charge is 2.21. The van der Waals surface area contributed by atoms with Crippen LogP contribution < -0.4 is 10.5 Å². The third-order valence-electron chi connectivity index (χ3n) is 5.20. The fourth-order valence-electron chi connectivity index (χ4n) is 3.92. The molecule has 0 amide bonds. The van der Waals surface area contributed by atoms with Crippen LogP contribution in [0.2, 0.25) is 0 Å². The summed E-state index contributed by atoms with van der Waals surface area (Å²) < 4.78 is 8.49. The molecule has 1 aliphatic heterocycles. The van der Waals surface area contributed by atoms with Gasteiger partial charge in [-0.15, -0.1) is 0 Å². The van der Waals surface area contributed by atoms with Crippen LogP contribution >= 0.6 is 0 Å². The highest BCUT2D eigenvalue weighted by Crippen LogP contribution is 2.34. The number of aromatic nitrogens is 1. The number of ether oxygens (including phenoxy) is 1. The van der Waals surface area contributed by atoms with Gasteiger partial charge in [0.05, 0.1) is 0 Å². The summed E-state index contributed by atoms with van der Waals surface area (Å²) in [6.07, 6.45) is 4.45.